The van der Waals surface area contributed by atoms with E-state index in [1.807, 2.05) is 0 Å². The molecule has 98 valence electrons. The molecule has 18 heavy (non-hydrogen) atoms. The van der Waals surface area contributed by atoms with Crippen molar-refractivity contribution in [2.75, 3.05) is 13.7 Å². The number of hydrogen-bond donors (Lipinski definition) is 1. The number of carbonyl (C=O) groups excluding carboxylic acids is 3. The average Bonchev–Trinajstić information content (AvgIpc) is 2.63. The molecule has 0 atom stereocenters. The van der Waals surface area contributed by atoms with Crippen LogP contribution in [-0.4, -0.2) is 36.4 Å². The van der Waals surface area contributed by atoms with E-state index >= 15 is 0 Å². The third-order valence-corrected chi connectivity index (χ3v) is 2.58. The van der Waals surface area contributed by atoms with Gasteiger partial charge in [-0.2, -0.15) is 0 Å². The number of hydrogen-bond acceptors (Lipinski definition) is 5. The predicted molar refractivity (Wildman–Crippen MR) is 62.8 cm³/mol. The second-order valence-corrected chi connectivity index (χ2v) is 3.73. The van der Waals surface area contributed by atoms with Gasteiger partial charge in [0.2, 0.25) is 0 Å². The maximum atomic E-state index is 11.8. The van der Waals surface area contributed by atoms with E-state index in [1.54, 1.807) is 6.92 Å². The third kappa shape index (κ3) is 2.53. The summed E-state index contributed by atoms with van der Waals surface area (Å²) in [5.41, 5.74) is 0.165. The zero-order valence-corrected chi connectivity index (χ0v) is 10.9. The summed E-state index contributed by atoms with van der Waals surface area (Å²) < 4.78 is 9.08. The highest BCUT2D eigenvalue weighted by Crippen LogP contribution is 2.25. The molecule has 0 aliphatic heterocycles. The number of ether oxygens (including phenoxy) is 2. The summed E-state index contributed by atoms with van der Waals surface area (Å²) in [4.78, 5) is 37.1. The zero-order chi connectivity index (χ0) is 13.9. The number of Topliss-reactive ketones (excluding diaryl/α,β-unsaturated/α-hetero) is 1. The molecule has 0 bridgehead atoms. The van der Waals surface area contributed by atoms with Gasteiger partial charge in [0.15, 0.2) is 0 Å². The van der Waals surface area contributed by atoms with E-state index in [-0.39, 0.29) is 22.9 Å². The molecule has 0 spiro atoms. The van der Waals surface area contributed by atoms with Gasteiger partial charge in [-0.05, 0) is 13.8 Å². The quantitative estimate of drug-likeness (QED) is 0.510. The molecule has 0 saturated carbocycles. The average molecular weight is 274 g/mol. The lowest BCUT2D eigenvalue weighted by atomic mass is 10.1. The number of methoxy groups -OCH3 is 1. The molecule has 0 fully saturated rings. The number of aromatic amines is 1. The van der Waals surface area contributed by atoms with Gasteiger partial charge >= 0.3 is 11.9 Å². The molecule has 1 aromatic rings. The predicted octanol–water partition coefficient (Wildman–Crippen LogP) is 1.51. The van der Waals surface area contributed by atoms with Crippen LogP contribution in [0.2, 0.25) is 5.02 Å². The van der Waals surface area contributed by atoms with Crippen LogP contribution in [0.5, 0.6) is 0 Å². The Morgan fingerprint density at radius 1 is 1.33 bits per heavy atom. The summed E-state index contributed by atoms with van der Waals surface area (Å²) in [6, 6.07) is 0. The summed E-state index contributed by atoms with van der Waals surface area (Å²) in [7, 11) is 1.18. The molecule has 0 aliphatic rings. The maximum absolute atomic E-state index is 11.8. The molecular formula is C11H12ClNO5. The molecule has 6 nitrogen and oxygen atoms in total. The standard InChI is InChI=1S/C11H12ClNO5/c1-4-18-11(16)9(14)6-5(2)13-8(7(6)12)10(15)17-3/h13H,4H2,1-3H3. The van der Waals surface area contributed by atoms with Crippen molar-refractivity contribution in [1.82, 2.24) is 4.98 Å². The number of aryl methyl sites for hydroxylation is 1. The molecule has 0 radical (unpaired) electrons. The first-order chi connectivity index (χ1) is 8.43. The largest absolute Gasteiger partial charge is 0.464 e. The van der Waals surface area contributed by atoms with E-state index in [1.165, 1.54) is 14.0 Å². The summed E-state index contributed by atoms with van der Waals surface area (Å²) >= 11 is 5.88. The minimum atomic E-state index is -1.02. The van der Waals surface area contributed by atoms with Crippen LogP contribution < -0.4 is 0 Å². The fourth-order valence-electron chi connectivity index (χ4n) is 1.41. The van der Waals surface area contributed by atoms with Crippen molar-refractivity contribution < 1.29 is 23.9 Å². The Balaban J connectivity index is 3.18. The number of ketones is 1. The van der Waals surface area contributed by atoms with Gasteiger partial charge in [0, 0.05) is 5.69 Å². The normalized spacial score (nSPS) is 10.0. The number of H-pyrrole nitrogens is 1. The lowest BCUT2D eigenvalue weighted by molar-refractivity contribution is -0.137. The van der Waals surface area contributed by atoms with Crippen LogP contribution in [0.15, 0.2) is 0 Å². The van der Waals surface area contributed by atoms with Gasteiger partial charge in [-0.3, -0.25) is 4.79 Å². The highest BCUT2D eigenvalue weighted by molar-refractivity contribution is 6.46. The molecule has 0 aliphatic carbocycles. The molecule has 1 rings (SSSR count). The lowest BCUT2D eigenvalue weighted by Crippen LogP contribution is -2.18. The van der Waals surface area contributed by atoms with Crippen molar-refractivity contribution in [3.63, 3.8) is 0 Å². The molecule has 0 aromatic carbocycles. The van der Waals surface area contributed by atoms with Crippen molar-refractivity contribution >= 4 is 29.3 Å². The Hall–Kier alpha value is -1.82. The first kappa shape index (κ1) is 14.2. The van der Waals surface area contributed by atoms with E-state index in [0.29, 0.717) is 5.69 Å². The maximum Gasteiger partial charge on any atom is 0.379 e. The van der Waals surface area contributed by atoms with Gasteiger partial charge < -0.3 is 14.5 Å². The minimum Gasteiger partial charge on any atom is -0.464 e. The van der Waals surface area contributed by atoms with Crippen LogP contribution >= 0.6 is 11.6 Å². The Kier molecular flexibility index (Phi) is 4.49. The molecule has 7 heteroatoms. The Morgan fingerprint density at radius 2 is 1.94 bits per heavy atom. The number of nitrogens with one attached hydrogen (secondary N) is 1. The number of aromatic nitrogens is 1. The van der Waals surface area contributed by atoms with Gasteiger partial charge in [0.25, 0.3) is 5.78 Å². The number of halogens is 1. The second kappa shape index (κ2) is 5.68. The van der Waals surface area contributed by atoms with Gasteiger partial charge in [0.05, 0.1) is 24.3 Å². The third-order valence-electron chi connectivity index (χ3n) is 2.20. The fourth-order valence-corrected chi connectivity index (χ4v) is 1.76. The van der Waals surface area contributed by atoms with Gasteiger partial charge in [-0.1, -0.05) is 11.6 Å². The molecular weight excluding hydrogens is 262 g/mol. The van der Waals surface area contributed by atoms with E-state index in [9.17, 15) is 14.4 Å². The van der Waals surface area contributed by atoms with E-state index < -0.39 is 17.7 Å². The van der Waals surface area contributed by atoms with Crippen LogP contribution in [-0.2, 0) is 14.3 Å². The first-order valence-electron chi connectivity index (χ1n) is 5.11. The van der Waals surface area contributed by atoms with Crippen molar-refractivity contribution in [2.45, 2.75) is 13.8 Å². The van der Waals surface area contributed by atoms with Gasteiger partial charge in [-0.25, -0.2) is 9.59 Å². The highest BCUT2D eigenvalue weighted by atomic mass is 35.5. The summed E-state index contributed by atoms with van der Waals surface area (Å²) in [6.07, 6.45) is 0. The lowest BCUT2D eigenvalue weighted by Gasteiger charge is -2.00. The first-order valence-corrected chi connectivity index (χ1v) is 5.49. The fraction of sp³-hybridized carbons (Fsp3) is 0.364. The smallest absolute Gasteiger partial charge is 0.379 e. The summed E-state index contributed by atoms with van der Waals surface area (Å²) in [5.74, 6) is -2.63. The number of rotatable bonds is 4. The van der Waals surface area contributed by atoms with Crippen molar-refractivity contribution in [2.24, 2.45) is 0 Å². The number of esters is 2. The molecule has 1 N–H and O–H groups in total. The SMILES string of the molecule is CCOC(=O)C(=O)c1c(C)[nH]c(C(=O)OC)c1Cl. The Labute approximate surface area is 108 Å². The monoisotopic (exact) mass is 273 g/mol. The molecule has 1 heterocycles. The Bertz CT molecular complexity index is 506. The van der Waals surface area contributed by atoms with Crippen molar-refractivity contribution in [1.29, 1.82) is 0 Å². The molecule has 0 amide bonds. The van der Waals surface area contributed by atoms with E-state index in [4.69, 9.17) is 11.6 Å². The number of carbonyl (C=O) groups is 3. The van der Waals surface area contributed by atoms with Crippen LogP contribution in [0, 0.1) is 6.92 Å². The van der Waals surface area contributed by atoms with Gasteiger partial charge in [-0.15, -0.1) is 0 Å². The van der Waals surface area contributed by atoms with Crippen molar-refractivity contribution in [3.8, 4) is 0 Å². The molecule has 1 aromatic heterocycles. The van der Waals surface area contributed by atoms with Crippen molar-refractivity contribution in [3.05, 3.63) is 22.0 Å². The van der Waals surface area contributed by atoms with Crippen LogP contribution in [0.25, 0.3) is 0 Å². The Morgan fingerprint density at radius 3 is 2.44 bits per heavy atom. The molecule has 0 saturated heterocycles. The van der Waals surface area contributed by atoms with Crippen LogP contribution in [0.3, 0.4) is 0 Å². The summed E-state index contributed by atoms with van der Waals surface area (Å²) in [6.45, 7) is 3.18. The van der Waals surface area contributed by atoms with E-state index in [2.05, 4.69) is 14.5 Å². The van der Waals surface area contributed by atoms with E-state index in [0.717, 1.165) is 0 Å². The highest BCUT2D eigenvalue weighted by Gasteiger charge is 2.28. The second-order valence-electron chi connectivity index (χ2n) is 3.36. The van der Waals surface area contributed by atoms with Crippen LogP contribution in [0.1, 0.15) is 33.5 Å². The van der Waals surface area contributed by atoms with Gasteiger partial charge in [0.1, 0.15) is 5.69 Å². The zero-order valence-electron chi connectivity index (χ0n) is 10.1. The minimum absolute atomic E-state index is 0.0654. The summed E-state index contributed by atoms with van der Waals surface area (Å²) in [5, 5.41) is -0.141. The topological polar surface area (TPSA) is 85.5 Å². The molecule has 0 unspecified atom stereocenters. The van der Waals surface area contributed by atoms with Crippen LogP contribution in [0.4, 0.5) is 0 Å².